The maximum absolute atomic E-state index is 4.10. The Morgan fingerprint density at radius 3 is 2.47 bits per heavy atom. The zero-order valence-corrected chi connectivity index (χ0v) is 13.7. The summed E-state index contributed by atoms with van der Waals surface area (Å²) < 4.78 is 0. The van der Waals surface area contributed by atoms with Crippen molar-refractivity contribution in [1.29, 1.82) is 0 Å². The van der Waals surface area contributed by atoms with E-state index in [2.05, 4.69) is 27.4 Å². The Kier molecular flexibility index (Phi) is 9.91. The van der Waals surface area contributed by atoms with Gasteiger partial charge in [0, 0.05) is 20.6 Å². The molecule has 0 aromatic carbocycles. The van der Waals surface area contributed by atoms with Crippen LogP contribution in [-0.4, -0.2) is 51.1 Å². The fourth-order valence-electron chi connectivity index (χ4n) is 2.27. The van der Waals surface area contributed by atoms with Crippen molar-refractivity contribution >= 4 is 29.9 Å². The summed E-state index contributed by atoms with van der Waals surface area (Å²) in [5.41, 5.74) is 0. The first-order valence-electron chi connectivity index (χ1n) is 6.40. The van der Waals surface area contributed by atoms with Crippen molar-refractivity contribution in [2.24, 2.45) is 10.9 Å². The van der Waals surface area contributed by atoms with E-state index < -0.39 is 0 Å². The second kappa shape index (κ2) is 9.94. The third-order valence-electron chi connectivity index (χ3n) is 3.46. The van der Waals surface area contributed by atoms with Gasteiger partial charge in [0.1, 0.15) is 0 Å². The zero-order valence-electron chi connectivity index (χ0n) is 11.3. The molecule has 4 nitrogen and oxygen atoms in total. The molecule has 0 spiro atoms. The zero-order chi connectivity index (χ0) is 11.8. The third kappa shape index (κ3) is 6.45. The fraction of sp³-hybridized carbons (Fsp3) is 0.917. The van der Waals surface area contributed by atoms with Gasteiger partial charge in [0.05, 0.1) is 0 Å². The topological polar surface area (TPSA) is 39.7 Å². The van der Waals surface area contributed by atoms with Gasteiger partial charge in [0.25, 0.3) is 0 Å². The van der Waals surface area contributed by atoms with Crippen LogP contribution in [0.3, 0.4) is 0 Å². The lowest BCUT2D eigenvalue weighted by Gasteiger charge is -2.31. The van der Waals surface area contributed by atoms with Crippen molar-refractivity contribution in [3.05, 3.63) is 0 Å². The molecule has 0 aromatic rings. The SMILES string of the molecule is CCN1CCC(CCNC(=NC)NC)CC1.I. The molecule has 102 valence electrons. The van der Waals surface area contributed by atoms with Gasteiger partial charge in [-0.1, -0.05) is 6.92 Å². The van der Waals surface area contributed by atoms with Crippen LogP contribution < -0.4 is 10.6 Å². The molecule has 1 fully saturated rings. The van der Waals surface area contributed by atoms with Crippen molar-refractivity contribution in [2.75, 3.05) is 40.3 Å². The number of nitrogens with one attached hydrogen (secondary N) is 2. The maximum atomic E-state index is 4.10. The van der Waals surface area contributed by atoms with Gasteiger partial charge in [-0.05, 0) is 44.8 Å². The molecule has 5 heteroatoms. The molecular weight excluding hydrogens is 327 g/mol. The van der Waals surface area contributed by atoms with E-state index in [9.17, 15) is 0 Å². The molecule has 17 heavy (non-hydrogen) atoms. The molecule has 1 saturated heterocycles. The second-order valence-electron chi connectivity index (χ2n) is 4.42. The first-order chi connectivity index (χ1) is 7.80. The summed E-state index contributed by atoms with van der Waals surface area (Å²) in [6.07, 6.45) is 3.97. The standard InChI is InChI=1S/C12H26N4.HI/c1-4-16-9-6-11(7-10-16)5-8-15-12(13-2)14-3;/h11H,4-10H2,1-3H3,(H2,13,14,15);1H. The van der Waals surface area contributed by atoms with E-state index in [-0.39, 0.29) is 24.0 Å². The van der Waals surface area contributed by atoms with Gasteiger partial charge in [-0.3, -0.25) is 4.99 Å². The molecule has 1 aliphatic heterocycles. The molecule has 0 amide bonds. The third-order valence-corrected chi connectivity index (χ3v) is 3.46. The van der Waals surface area contributed by atoms with E-state index in [1.807, 2.05) is 7.05 Å². The molecule has 0 aromatic heterocycles. The molecule has 0 saturated carbocycles. The number of halogens is 1. The van der Waals surface area contributed by atoms with Crippen LogP contribution in [0.2, 0.25) is 0 Å². The highest BCUT2D eigenvalue weighted by molar-refractivity contribution is 14.0. The summed E-state index contributed by atoms with van der Waals surface area (Å²) >= 11 is 0. The average Bonchev–Trinajstić information content (AvgIpc) is 2.35. The Morgan fingerprint density at radius 1 is 1.35 bits per heavy atom. The van der Waals surface area contributed by atoms with Gasteiger partial charge in [0.2, 0.25) is 0 Å². The van der Waals surface area contributed by atoms with Crippen molar-refractivity contribution < 1.29 is 0 Å². The van der Waals surface area contributed by atoms with Crippen LogP contribution in [0.15, 0.2) is 4.99 Å². The Morgan fingerprint density at radius 2 is 2.00 bits per heavy atom. The summed E-state index contributed by atoms with van der Waals surface area (Å²) in [5.74, 6) is 1.79. The number of rotatable bonds is 4. The van der Waals surface area contributed by atoms with Crippen molar-refractivity contribution in [3.8, 4) is 0 Å². The monoisotopic (exact) mass is 354 g/mol. The molecule has 1 heterocycles. The van der Waals surface area contributed by atoms with Crippen LogP contribution in [0, 0.1) is 5.92 Å². The normalized spacial score (nSPS) is 18.6. The predicted octanol–water partition coefficient (Wildman–Crippen LogP) is 1.52. The first kappa shape index (κ1) is 17.0. The molecule has 1 aliphatic rings. The van der Waals surface area contributed by atoms with Gasteiger partial charge < -0.3 is 15.5 Å². The van der Waals surface area contributed by atoms with E-state index in [1.54, 1.807) is 7.05 Å². The smallest absolute Gasteiger partial charge is 0.190 e. The lowest BCUT2D eigenvalue weighted by molar-refractivity contribution is 0.187. The van der Waals surface area contributed by atoms with E-state index in [0.29, 0.717) is 0 Å². The summed E-state index contributed by atoms with van der Waals surface area (Å²) in [5, 5.41) is 6.35. The summed E-state index contributed by atoms with van der Waals surface area (Å²) in [6.45, 7) is 7.05. The number of likely N-dealkylation sites (tertiary alicyclic amines) is 1. The number of aliphatic imine (C=N–C) groups is 1. The maximum Gasteiger partial charge on any atom is 0.190 e. The largest absolute Gasteiger partial charge is 0.359 e. The number of piperidine rings is 1. The first-order valence-corrected chi connectivity index (χ1v) is 6.40. The van der Waals surface area contributed by atoms with Crippen LogP contribution in [-0.2, 0) is 0 Å². The molecule has 2 N–H and O–H groups in total. The summed E-state index contributed by atoms with van der Waals surface area (Å²) in [6, 6.07) is 0. The van der Waals surface area contributed by atoms with Crippen molar-refractivity contribution in [3.63, 3.8) is 0 Å². The van der Waals surface area contributed by atoms with E-state index in [0.717, 1.165) is 18.4 Å². The van der Waals surface area contributed by atoms with Gasteiger partial charge in [-0.15, -0.1) is 24.0 Å². The number of guanidine groups is 1. The molecule has 0 aliphatic carbocycles. The predicted molar refractivity (Wildman–Crippen MR) is 85.3 cm³/mol. The van der Waals surface area contributed by atoms with Gasteiger partial charge in [-0.2, -0.15) is 0 Å². The molecule has 0 unspecified atom stereocenters. The van der Waals surface area contributed by atoms with Gasteiger partial charge in [-0.25, -0.2) is 0 Å². The number of nitrogens with zero attached hydrogens (tertiary/aromatic N) is 2. The van der Waals surface area contributed by atoms with E-state index in [4.69, 9.17) is 0 Å². The van der Waals surface area contributed by atoms with Crippen molar-refractivity contribution in [2.45, 2.75) is 26.2 Å². The highest BCUT2D eigenvalue weighted by Crippen LogP contribution is 2.19. The number of hydrogen-bond donors (Lipinski definition) is 2. The van der Waals surface area contributed by atoms with Crippen LogP contribution in [0.1, 0.15) is 26.2 Å². The summed E-state index contributed by atoms with van der Waals surface area (Å²) in [4.78, 5) is 6.64. The molecule has 0 atom stereocenters. The minimum Gasteiger partial charge on any atom is -0.359 e. The van der Waals surface area contributed by atoms with Gasteiger partial charge in [0.15, 0.2) is 5.96 Å². The van der Waals surface area contributed by atoms with Crippen molar-refractivity contribution in [1.82, 2.24) is 15.5 Å². The van der Waals surface area contributed by atoms with Crippen LogP contribution >= 0.6 is 24.0 Å². The van der Waals surface area contributed by atoms with E-state index in [1.165, 1.54) is 38.9 Å². The lowest BCUT2D eigenvalue weighted by atomic mass is 9.93. The van der Waals surface area contributed by atoms with Gasteiger partial charge >= 0.3 is 0 Å². The highest BCUT2D eigenvalue weighted by Gasteiger charge is 2.17. The Labute approximate surface area is 123 Å². The quantitative estimate of drug-likeness (QED) is 0.457. The Balaban J connectivity index is 0.00000256. The minimum absolute atomic E-state index is 0. The molecule has 0 radical (unpaired) electrons. The fourth-order valence-corrected chi connectivity index (χ4v) is 2.27. The van der Waals surface area contributed by atoms with E-state index >= 15 is 0 Å². The molecule has 0 bridgehead atoms. The van der Waals surface area contributed by atoms with Crippen LogP contribution in [0.5, 0.6) is 0 Å². The average molecular weight is 354 g/mol. The molecular formula is C12H27IN4. The minimum atomic E-state index is 0. The van der Waals surface area contributed by atoms with Crippen LogP contribution in [0.4, 0.5) is 0 Å². The summed E-state index contributed by atoms with van der Waals surface area (Å²) in [7, 11) is 3.70. The second-order valence-corrected chi connectivity index (χ2v) is 4.42. The Hall–Kier alpha value is -0.0400. The Bertz CT molecular complexity index is 213. The number of hydrogen-bond acceptors (Lipinski definition) is 2. The highest BCUT2D eigenvalue weighted by atomic mass is 127. The lowest BCUT2D eigenvalue weighted by Crippen LogP contribution is -2.37. The van der Waals surface area contributed by atoms with Crippen LogP contribution in [0.25, 0.3) is 0 Å². The molecule has 1 rings (SSSR count).